The Morgan fingerprint density at radius 3 is 2.92 bits per heavy atom. The van der Waals surface area contributed by atoms with Gasteiger partial charge in [0.1, 0.15) is 0 Å². The van der Waals surface area contributed by atoms with Gasteiger partial charge in [0.05, 0.1) is 0 Å². The lowest BCUT2D eigenvalue weighted by molar-refractivity contribution is 0.293. The molecule has 0 aromatic rings. The molecule has 1 saturated heterocycles. The van der Waals surface area contributed by atoms with Gasteiger partial charge in [-0.2, -0.15) is 0 Å². The zero-order valence-corrected chi connectivity index (χ0v) is 7.20. The van der Waals surface area contributed by atoms with Gasteiger partial charge in [-0.25, -0.2) is 0 Å². The largest absolute Gasteiger partial charge is 0.784 e. The average Bonchev–Trinajstić information content (AvgIpc) is 2.37. The second kappa shape index (κ2) is 4.74. The number of nitrogens with zero attached hydrogens (tertiary/aromatic N) is 1. The van der Waals surface area contributed by atoms with Crippen molar-refractivity contribution in [3.8, 4) is 0 Å². The molecule has 0 saturated carbocycles. The van der Waals surface area contributed by atoms with Crippen molar-refractivity contribution >= 4 is 0 Å². The van der Waals surface area contributed by atoms with Gasteiger partial charge in [0.25, 0.3) is 0 Å². The fourth-order valence-electron chi connectivity index (χ4n) is 1.42. The predicted octanol–water partition coefficient (Wildman–Crippen LogP) is -1.22. The van der Waals surface area contributed by atoms with Gasteiger partial charge in [0.2, 0.25) is 0 Å². The van der Waals surface area contributed by atoms with E-state index in [2.05, 4.69) is 5.32 Å². The number of nitrogens with one attached hydrogen (secondary N) is 1. The molecule has 1 rings (SSSR count). The van der Waals surface area contributed by atoms with E-state index in [1.165, 1.54) is 0 Å². The smallest absolute Gasteiger partial charge is 0.0497 e. The number of hydroxylamine groups is 2. The summed E-state index contributed by atoms with van der Waals surface area (Å²) >= 11 is 0. The summed E-state index contributed by atoms with van der Waals surface area (Å²) in [6.45, 7) is 1.93. The van der Waals surface area contributed by atoms with E-state index in [9.17, 15) is 5.21 Å². The summed E-state index contributed by atoms with van der Waals surface area (Å²) in [4.78, 5) is 0. The third-order valence-corrected chi connectivity index (χ3v) is 2.12. The van der Waals surface area contributed by atoms with Gasteiger partial charge < -0.3 is 27.1 Å². The van der Waals surface area contributed by atoms with Crippen LogP contribution in [0.1, 0.15) is 12.8 Å². The van der Waals surface area contributed by atoms with Crippen molar-refractivity contribution in [1.82, 2.24) is 10.4 Å². The molecule has 2 unspecified atom stereocenters. The topological polar surface area (TPSA) is 90.4 Å². The Morgan fingerprint density at radius 2 is 2.42 bits per heavy atom. The van der Waals surface area contributed by atoms with Crippen LogP contribution in [0.15, 0.2) is 0 Å². The zero-order chi connectivity index (χ0) is 8.97. The summed E-state index contributed by atoms with van der Waals surface area (Å²) < 4.78 is 0. The molecule has 0 aromatic carbocycles. The lowest BCUT2D eigenvalue weighted by Gasteiger charge is -2.31. The molecule has 72 valence electrons. The second-order valence-corrected chi connectivity index (χ2v) is 3.18. The van der Waals surface area contributed by atoms with Crippen molar-refractivity contribution in [2.45, 2.75) is 25.0 Å². The third kappa shape index (κ3) is 2.69. The molecule has 1 aliphatic rings. The molecule has 0 amide bonds. The van der Waals surface area contributed by atoms with Crippen molar-refractivity contribution < 1.29 is 0 Å². The van der Waals surface area contributed by atoms with Crippen LogP contribution in [-0.2, 0) is 0 Å². The first-order valence-corrected chi connectivity index (χ1v) is 4.37. The first-order valence-electron chi connectivity index (χ1n) is 4.37. The Bertz CT molecular complexity index is 133. The molecule has 12 heavy (non-hydrogen) atoms. The Kier molecular flexibility index (Phi) is 3.90. The van der Waals surface area contributed by atoms with Crippen LogP contribution in [0.25, 0.3) is 0 Å². The molecule has 0 radical (unpaired) electrons. The molecule has 5 nitrogen and oxygen atoms in total. The van der Waals surface area contributed by atoms with Gasteiger partial charge in [-0.05, 0) is 25.9 Å². The van der Waals surface area contributed by atoms with Crippen LogP contribution in [-0.4, -0.2) is 36.9 Å². The second-order valence-electron chi connectivity index (χ2n) is 3.18. The number of hydrogen-bond acceptors (Lipinski definition) is 5. The minimum atomic E-state index is -0.0912. The van der Waals surface area contributed by atoms with E-state index >= 15 is 0 Å². The van der Waals surface area contributed by atoms with Crippen LogP contribution in [0.2, 0.25) is 0 Å². The normalized spacial score (nSPS) is 27.8. The van der Waals surface area contributed by atoms with Gasteiger partial charge in [-0.1, -0.05) is 0 Å². The van der Waals surface area contributed by atoms with E-state index in [0.717, 1.165) is 18.0 Å². The van der Waals surface area contributed by atoms with Crippen molar-refractivity contribution in [2.24, 2.45) is 11.5 Å². The first kappa shape index (κ1) is 9.88. The summed E-state index contributed by atoms with van der Waals surface area (Å²) in [5.74, 6) is 0. The zero-order valence-electron chi connectivity index (χ0n) is 7.20. The van der Waals surface area contributed by atoms with Crippen LogP contribution < -0.4 is 16.8 Å². The summed E-state index contributed by atoms with van der Waals surface area (Å²) in [6, 6.07) is 0.0436. The molecule has 1 heterocycles. The molecule has 0 spiro atoms. The van der Waals surface area contributed by atoms with E-state index in [0.29, 0.717) is 19.5 Å². The fraction of sp³-hybridized carbons (Fsp3) is 1.00. The fourth-order valence-corrected chi connectivity index (χ4v) is 1.42. The molecule has 0 aromatic heterocycles. The standard InChI is InChI=1S/C7H17N4O/c8-2-1-6(9)5-7-10-3-4-11(7)12/h6-7,10H,1-5,8-9H2/q-1. The first-order chi connectivity index (χ1) is 5.74. The van der Waals surface area contributed by atoms with Gasteiger partial charge in [-0.15, -0.1) is 0 Å². The van der Waals surface area contributed by atoms with Crippen LogP contribution in [0, 0.1) is 5.21 Å². The minimum absolute atomic E-state index is 0.0436. The highest BCUT2D eigenvalue weighted by molar-refractivity contribution is 4.81. The summed E-state index contributed by atoms with van der Waals surface area (Å²) in [5.41, 5.74) is 11.1. The average molecular weight is 173 g/mol. The molecule has 2 atom stereocenters. The summed E-state index contributed by atoms with van der Waals surface area (Å²) in [5, 5.41) is 15.2. The molecule has 0 bridgehead atoms. The maximum Gasteiger partial charge on any atom is 0.0497 e. The summed E-state index contributed by atoms with van der Waals surface area (Å²) in [6.07, 6.45) is 1.39. The highest BCUT2D eigenvalue weighted by Gasteiger charge is 2.18. The summed E-state index contributed by atoms with van der Waals surface area (Å²) in [7, 11) is 0. The molecule has 5 heteroatoms. The monoisotopic (exact) mass is 173 g/mol. The van der Waals surface area contributed by atoms with Crippen molar-refractivity contribution in [3.05, 3.63) is 5.21 Å². The lowest BCUT2D eigenvalue weighted by Crippen LogP contribution is -2.39. The van der Waals surface area contributed by atoms with Crippen LogP contribution in [0.3, 0.4) is 0 Å². The third-order valence-electron chi connectivity index (χ3n) is 2.12. The Balaban J connectivity index is 2.20. The minimum Gasteiger partial charge on any atom is -0.784 e. The van der Waals surface area contributed by atoms with Gasteiger partial charge in [0, 0.05) is 18.8 Å². The van der Waals surface area contributed by atoms with Crippen LogP contribution in [0.5, 0.6) is 0 Å². The highest BCUT2D eigenvalue weighted by Crippen LogP contribution is 2.07. The number of hydrogen-bond donors (Lipinski definition) is 3. The molecule has 1 fully saturated rings. The van der Waals surface area contributed by atoms with Gasteiger partial charge in [-0.3, -0.25) is 0 Å². The number of rotatable bonds is 4. The van der Waals surface area contributed by atoms with E-state index in [1.54, 1.807) is 0 Å². The number of nitrogens with two attached hydrogens (primary N) is 2. The van der Waals surface area contributed by atoms with Gasteiger partial charge >= 0.3 is 0 Å². The molecular formula is C7H17N4O-. The Morgan fingerprint density at radius 1 is 1.67 bits per heavy atom. The SMILES string of the molecule is NCCC(N)CC1NCCN1[O-]. The van der Waals surface area contributed by atoms with Crippen molar-refractivity contribution in [1.29, 1.82) is 0 Å². The predicted molar refractivity (Wildman–Crippen MR) is 48.1 cm³/mol. The van der Waals surface area contributed by atoms with Gasteiger partial charge in [0.15, 0.2) is 0 Å². The van der Waals surface area contributed by atoms with Crippen molar-refractivity contribution in [2.75, 3.05) is 19.6 Å². The highest BCUT2D eigenvalue weighted by atomic mass is 16.5. The molecular weight excluding hydrogens is 156 g/mol. The van der Waals surface area contributed by atoms with E-state index < -0.39 is 0 Å². The quantitative estimate of drug-likeness (QED) is 0.496. The molecule has 0 aliphatic carbocycles. The maximum absolute atomic E-state index is 11.1. The maximum atomic E-state index is 11.1. The van der Waals surface area contributed by atoms with Crippen molar-refractivity contribution in [3.63, 3.8) is 0 Å². The Labute approximate surface area is 72.7 Å². The van der Waals surface area contributed by atoms with Crippen LogP contribution in [0.4, 0.5) is 0 Å². The van der Waals surface area contributed by atoms with Crippen LogP contribution >= 0.6 is 0 Å². The van der Waals surface area contributed by atoms with E-state index in [4.69, 9.17) is 11.5 Å². The Hall–Kier alpha value is -0.200. The molecule has 5 N–H and O–H groups in total. The lowest BCUT2D eigenvalue weighted by atomic mass is 10.1. The molecule has 1 aliphatic heterocycles. The van der Waals surface area contributed by atoms with E-state index in [1.807, 2.05) is 0 Å². The van der Waals surface area contributed by atoms with E-state index in [-0.39, 0.29) is 12.2 Å².